The van der Waals surface area contributed by atoms with Gasteiger partial charge < -0.3 is 24.2 Å². The minimum Gasteiger partial charge on any atom is -0.493 e. The molecule has 2 aromatic carbocycles. The lowest BCUT2D eigenvalue weighted by Gasteiger charge is -2.31. The molecule has 2 amide bonds. The molecule has 3 rings (SSSR count). The minimum atomic E-state index is -4.89. The van der Waals surface area contributed by atoms with E-state index in [1.165, 1.54) is 36.7 Å². The molecule has 17 heteroatoms. The van der Waals surface area contributed by atoms with Crippen molar-refractivity contribution in [1.29, 1.82) is 0 Å². The van der Waals surface area contributed by atoms with Gasteiger partial charge in [0, 0.05) is 19.2 Å². The standard InChI is InChI=1S/C32H41F3N4O9S/c1-30(2,3)47-28(42)39(29(43)48-31(4,5)6)36-21-37-14-12-22(13-15-37)20-46-25-17-23(32(33,34)35)16-24(18-25)38(19-27(40)41)49(44,45)26-10-8-7-9-11-26/h7-11,16-18,21-22H,12-15,19-20H2,1-6H3,(H,40,41). The van der Waals surface area contributed by atoms with Gasteiger partial charge in [-0.1, -0.05) is 23.2 Å². The van der Waals surface area contributed by atoms with Crippen molar-refractivity contribution in [2.24, 2.45) is 11.0 Å². The first-order valence-corrected chi connectivity index (χ1v) is 16.7. The molecule has 0 bridgehead atoms. The summed E-state index contributed by atoms with van der Waals surface area (Å²) in [5, 5.41) is 13.9. The Morgan fingerprint density at radius 3 is 1.98 bits per heavy atom. The second-order valence-corrected chi connectivity index (χ2v) is 15.1. The summed E-state index contributed by atoms with van der Waals surface area (Å²) in [5.74, 6) is -2.01. The molecule has 1 fully saturated rings. The van der Waals surface area contributed by atoms with Crippen LogP contribution in [0.3, 0.4) is 0 Å². The van der Waals surface area contributed by atoms with E-state index in [0.717, 1.165) is 12.1 Å². The highest BCUT2D eigenvalue weighted by atomic mass is 32.2. The molecule has 0 saturated carbocycles. The molecule has 13 nitrogen and oxygen atoms in total. The molecule has 0 spiro atoms. The van der Waals surface area contributed by atoms with Crippen molar-refractivity contribution in [2.75, 3.05) is 30.5 Å². The minimum absolute atomic E-state index is 0.0297. The fraction of sp³-hybridized carbons (Fsp3) is 0.500. The number of nitrogens with zero attached hydrogens (tertiary/aromatic N) is 4. The highest BCUT2D eigenvalue weighted by Gasteiger charge is 2.35. The SMILES string of the molecule is CC(C)(C)OC(=O)N(N=CN1CCC(COc2cc(N(CC(=O)O)S(=O)(=O)c3ccccc3)cc(C(F)(F)F)c2)CC1)C(=O)OC(C)(C)C. The largest absolute Gasteiger partial charge is 0.493 e. The third-order valence-electron chi connectivity index (χ3n) is 6.71. The number of likely N-dealkylation sites (tertiary alicyclic amines) is 1. The molecule has 1 heterocycles. The van der Waals surface area contributed by atoms with Crippen LogP contribution in [-0.4, -0.2) is 85.4 Å². The summed E-state index contributed by atoms with van der Waals surface area (Å²) in [7, 11) is -4.56. The zero-order valence-electron chi connectivity index (χ0n) is 28.1. The maximum atomic E-state index is 13.9. The van der Waals surface area contributed by atoms with Gasteiger partial charge in [-0.05, 0) is 84.6 Å². The van der Waals surface area contributed by atoms with E-state index >= 15 is 0 Å². The molecule has 270 valence electrons. The van der Waals surface area contributed by atoms with Crippen LogP contribution in [0, 0.1) is 5.92 Å². The van der Waals surface area contributed by atoms with Crippen LogP contribution < -0.4 is 9.04 Å². The molecule has 0 unspecified atom stereocenters. The van der Waals surface area contributed by atoms with Crippen molar-refractivity contribution < 1.29 is 55.3 Å². The number of aliphatic carboxylic acids is 1. The Morgan fingerprint density at radius 1 is 0.939 bits per heavy atom. The van der Waals surface area contributed by atoms with Crippen LogP contribution in [0.5, 0.6) is 5.75 Å². The molecule has 49 heavy (non-hydrogen) atoms. The highest BCUT2D eigenvalue weighted by molar-refractivity contribution is 7.92. The lowest BCUT2D eigenvalue weighted by molar-refractivity contribution is -0.137. The maximum absolute atomic E-state index is 13.9. The number of carboxylic acid groups (broad SMARTS) is 1. The number of hydrogen-bond acceptors (Lipinski definition) is 9. The summed E-state index contributed by atoms with van der Waals surface area (Å²) in [5.41, 5.74) is -3.56. The van der Waals surface area contributed by atoms with Gasteiger partial charge in [-0.2, -0.15) is 13.2 Å². The summed E-state index contributed by atoms with van der Waals surface area (Å²) < 4.78 is 85.1. The number of piperidine rings is 1. The Morgan fingerprint density at radius 2 is 1.49 bits per heavy atom. The Balaban J connectivity index is 1.75. The first kappa shape index (κ1) is 38.9. The van der Waals surface area contributed by atoms with E-state index in [9.17, 15) is 41.1 Å². The average Bonchev–Trinajstić information content (AvgIpc) is 2.97. The zero-order chi connectivity index (χ0) is 36.8. The molecule has 0 aliphatic carbocycles. The maximum Gasteiger partial charge on any atom is 0.441 e. The summed E-state index contributed by atoms with van der Waals surface area (Å²) in [6.45, 7) is 9.42. The molecule has 0 aromatic heterocycles. The average molecular weight is 715 g/mol. The topological polar surface area (TPSA) is 155 Å². The number of halogens is 3. The molecule has 2 aromatic rings. The first-order valence-electron chi connectivity index (χ1n) is 15.2. The van der Waals surface area contributed by atoms with Gasteiger partial charge in [0.05, 0.1) is 22.8 Å². The number of imide groups is 1. The van der Waals surface area contributed by atoms with Crippen LogP contribution in [0.4, 0.5) is 28.4 Å². The van der Waals surface area contributed by atoms with E-state index in [0.29, 0.717) is 41.3 Å². The lowest BCUT2D eigenvalue weighted by atomic mass is 9.98. The van der Waals surface area contributed by atoms with E-state index in [4.69, 9.17) is 14.2 Å². The predicted molar refractivity (Wildman–Crippen MR) is 173 cm³/mol. The van der Waals surface area contributed by atoms with Crippen LogP contribution in [0.1, 0.15) is 59.9 Å². The summed E-state index contributed by atoms with van der Waals surface area (Å²) in [6.07, 6.45) is -4.67. The van der Waals surface area contributed by atoms with Gasteiger partial charge in [0.15, 0.2) is 0 Å². The number of amides is 2. The van der Waals surface area contributed by atoms with E-state index in [1.807, 2.05) is 0 Å². The van der Waals surface area contributed by atoms with Crippen LogP contribution in [0.25, 0.3) is 0 Å². The van der Waals surface area contributed by atoms with Crippen molar-refractivity contribution in [3.63, 3.8) is 0 Å². The van der Waals surface area contributed by atoms with Gasteiger partial charge in [-0.15, -0.1) is 5.10 Å². The number of carbonyl (C=O) groups is 3. The van der Waals surface area contributed by atoms with Crippen molar-refractivity contribution in [3.05, 3.63) is 54.1 Å². The van der Waals surface area contributed by atoms with Gasteiger partial charge in [0.2, 0.25) is 0 Å². The Kier molecular flexibility index (Phi) is 12.2. The number of sulfonamides is 1. The number of carboxylic acids is 1. The number of carbonyl (C=O) groups excluding carboxylic acids is 2. The fourth-order valence-electron chi connectivity index (χ4n) is 4.48. The Labute approximate surface area is 283 Å². The van der Waals surface area contributed by atoms with Gasteiger partial charge >= 0.3 is 24.3 Å². The smallest absolute Gasteiger partial charge is 0.441 e. The molecule has 0 radical (unpaired) electrons. The van der Waals surface area contributed by atoms with Crippen molar-refractivity contribution in [2.45, 2.75) is 76.7 Å². The Hall–Kier alpha value is -4.54. The summed E-state index contributed by atoms with van der Waals surface area (Å²) in [6, 6.07) is 9.10. The molecule has 1 saturated heterocycles. The van der Waals surface area contributed by atoms with Crippen LogP contribution in [0.2, 0.25) is 0 Å². The quantitative estimate of drug-likeness (QED) is 0.171. The number of anilines is 1. The van der Waals surface area contributed by atoms with Gasteiger partial charge in [0.1, 0.15) is 29.8 Å². The summed E-state index contributed by atoms with van der Waals surface area (Å²) in [4.78, 5) is 38.4. The zero-order valence-corrected chi connectivity index (χ0v) is 28.9. The normalized spacial score (nSPS) is 14.8. The first-order chi connectivity index (χ1) is 22.5. The van der Waals surface area contributed by atoms with E-state index in [-0.39, 0.29) is 23.2 Å². The van der Waals surface area contributed by atoms with Crippen molar-refractivity contribution >= 4 is 40.2 Å². The van der Waals surface area contributed by atoms with Gasteiger partial charge in [0.25, 0.3) is 10.0 Å². The number of alkyl halides is 3. The number of rotatable bonds is 10. The van der Waals surface area contributed by atoms with Crippen LogP contribution >= 0.6 is 0 Å². The summed E-state index contributed by atoms with van der Waals surface area (Å²) >= 11 is 0. The van der Waals surface area contributed by atoms with Crippen molar-refractivity contribution in [1.82, 2.24) is 9.91 Å². The monoisotopic (exact) mass is 714 g/mol. The predicted octanol–water partition coefficient (Wildman–Crippen LogP) is 6.19. The highest BCUT2D eigenvalue weighted by Crippen LogP contribution is 2.37. The molecule has 1 N–H and O–H groups in total. The molecular weight excluding hydrogens is 673 g/mol. The number of hydrazone groups is 1. The number of benzene rings is 2. The molecule has 1 aliphatic heterocycles. The molecular formula is C32H41F3N4O9S. The van der Waals surface area contributed by atoms with Crippen LogP contribution in [-0.2, 0) is 30.5 Å². The molecule has 0 atom stereocenters. The third kappa shape index (κ3) is 11.8. The second kappa shape index (κ2) is 15.3. The fourth-order valence-corrected chi connectivity index (χ4v) is 5.90. The van der Waals surface area contributed by atoms with Gasteiger partial charge in [-0.3, -0.25) is 9.10 Å². The van der Waals surface area contributed by atoms with E-state index in [1.54, 1.807) is 46.4 Å². The van der Waals surface area contributed by atoms with Crippen LogP contribution in [0.15, 0.2) is 58.5 Å². The number of ether oxygens (including phenoxy) is 3. The second-order valence-electron chi connectivity index (χ2n) is 13.2. The number of hydrogen-bond donors (Lipinski definition) is 1. The third-order valence-corrected chi connectivity index (χ3v) is 8.50. The van der Waals surface area contributed by atoms with E-state index in [2.05, 4.69) is 5.10 Å². The lowest BCUT2D eigenvalue weighted by Crippen LogP contribution is -2.42. The Bertz CT molecular complexity index is 1590. The van der Waals surface area contributed by atoms with E-state index < -0.39 is 63.4 Å². The van der Waals surface area contributed by atoms with Crippen molar-refractivity contribution in [3.8, 4) is 5.75 Å². The van der Waals surface area contributed by atoms with Gasteiger partial charge in [-0.25, -0.2) is 18.0 Å². The molecule has 1 aliphatic rings.